The van der Waals surface area contributed by atoms with Crippen LogP contribution in [0.3, 0.4) is 0 Å². The summed E-state index contributed by atoms with van der Waals surface area (Å²) in [4.78, 5) is 41.6. The second kappa shape index (κ2) is 11.6. The summed E-state index contributed by atoms with van der Waals surface area (Å²) in [5, 5.41) is 16.1. The number of methoxy groups -OCH3 is 1. The van der Waals surface area contributed by atoms with Gasteiger partial charge in [-0.15, -0.1) is 0 Å². The minimum absolute atomic E-state index is 0.0415. The summed E-state index contributed by atoms with van der Waals surface area (Å²) >= 11 is 0. The van der Waals surface area contributed by atoms with Crippen LogP contribution in [-0.2, 0) is 14.3 Å². The van der Waals surface area contributed by atoms with Gasteiger partial charge >= 0.3 is 5.97 Å². The number of aromatic nitrogens is 2. The zero-order chi connectivity index (χ0) is 29.1. The second-order valence-corrected chi connectivity index (χ2v) is 9.93. The van der Waals surface area contributed by atoms with E-state index in [-0.39, 0.29) is 11.8 Å². The molecule has 2 amide bonds. The largest absolute Gasteiger partial charge is 0.465 e. The molecule has 208 valence electrons. The lowest BCUT2D eigenvalue weighted by Gasteiger charge is -2.23. The highest BCUT2D eigenvalue weighted by molar-refractivity contribution is 6.37. The van der Waals surface area contributed by atoms with E-state index in [1.54, 1.807) is 42.4 Å². The smallest absolute Gasteiger partial charge is 0.337 e. The third-order valence-corrected chi connectivity index (χ3v) is 6.87. The number of benzene rings is 3. The van der Waals surface area contributed by atoms with Crippen LogP contribution in [0.25, 0.3) is 22.0 Å². The van der Waals surface area contributed by atoms with Gasteiger partial charge in [0.2, 0.25) is 5.91 Å². The van der Waals surface area contributed by atoms with Crippen molar-refractivity contribution >= 4 is 56.9 Å². The molecule has 1 aliphatic heterocycles. The molecule has 10 heteroatoms. The second-order valence-electron chi connectivity index (χ2n) is 9.93. The maximum absolute atomic E-state index is 13.4. The van der Waals surface area contributed by atoms with Gasteiger partial charge in [-0.2, -0.15) is 10.2 Å². The lowest BCUT2D eigenvalue weighted by atomic mass is 9.98. The molecule has 2 N–H and O–H groups in total. The molecule has 41 heavy (non-hydrogen) atoms. The predicted octanol–water partition coefficient (Wildman–Crippen LogP) is 4.26. The lowest BCUT2D eigenvalue weighted by molar-refractivity contribution is -0.116. The molecule has 0 spiro atoms. The first kappa shape index (κ1) is 27.5. The van der Waals surface area contributed by atoms with Crippen molar-refractivity contribution in [3.05, 3.63) is 89.7 Å². The van der Waals surface area contributed by atoms with Gasteiger partial charge in [-0.25, -0.2) is 4.79 Å². The topological polar surface area (TPSA) is 117 Å². The Morgan fingerprint density at radius 2 is 1.61 bits per heavy atom. The molecule has 10 nitrogen and oxygen atoms in total. The summed E-state index contributed by atoms with van der Waals surface area (Å²) in [5.41, 5.74) is 4.80. The van der Waals surface area contributed by atoms with Crippen LogP contribution >= 0.6 is 0 Å². The highest BCUT2D eigenvalue weighted by Crippen LogP contribution is 2.39. The number of ether oxygens (including phenoxy) is 1. The molecule has 0 radical (unpaired) electrons. The summed E-state index contributed by atoms with van der Waals surface area (Å²) in [5.74, 6) is -0.834. The van der Waals surface area contributed by atoms with E-state index in [0.717, 1.165) is 34.3 Å². The quantitative estimate of drug-likeness (QED) is 0.247. The van der Waals surface area contributed by atoms with Crippen LogP contribution in [0.2, 0.25) is 0 Å². The van der Waals surface area contributed by atoms with Crippen molar-refractivity contribution in [3.63, 3.8) is 0 Å². The van der Waals surface area contributed by atoms with Crippen molar-refractivity contribution in [2.75, 3.05) is 49.8 Å². The number of fused-ring (bicyclic) bond motifs is 2. The van der Waals surface area contributed by atoms with Gasteiger partial charge in [-0.3, -0.25) is 9.59 Å². The normalized spacial score (nSPS) is 13.5. The van der Waals surface area contributed by atoms with Crippen LogP contribution < -0.4 is 15.5 Å². The van der Waals surface area contributed by atoms with E-state index in [1.807, 2.05) is 61.5 Å². The van der Waals surface area contributed by atoms with E-state index in [4.69, 9.17) is 4.74 Å². The Balaban J connectivity index is 1.58. The van der Waals surface area contributed by atoms with Crippen molar-refractivity contribution in [3.8, 4) is 0 Å². The van der Waals surface area contributed by atoms with Gasteiger partial charge in [0.15, 0.2) is 0 Å². The van der Waals surface area contributed by atoms with Crippen LogP contribution in [-0.4, -0.2) is 67.2 Å². The van der Waals surface area contributed by atoms with Crippen molar-refractivity contribution in [1.29, 1.82) is 0 Å². The molecule has 0 fully saturated rings. The van der Waals surface area contributed by atoms with Crippen LogP contribution in [0, 0.1) is 0 Å². The minimum Gasteiger partial charge on any atom is -0.465 e. The predicted molar refractivity (Wildman–Crippen MR) is 159 cm³/mol. The van der Waals surface area contributed by atoms with E-state index in [0.29, 0.717) is 34.6 Å². The van der Waals surface area contributed by atoms with Crippen LogP contribution in [0.4, 0.5) is 17.1 Å². The number of anilines is 3. The fraction of sp³-hybridized carbons (Fsp3) is 0.194. The molecule has 1 aromatic heterocycles. The summed E-state index contributed by atoms with van der Waals surface area (Å²) in [6.45, 7) is 2.85. The molecule has 0 saturated heterocycles. The zero-order valence-electron chi connectivity index (χ0n) is 23.3. The van der Waals surface area contributed by atoms with Gasteiger partial charge in [-0.1, -0.05) is 18.2 Å². The van der Waals surface area contributed by atoms with E-state index in [9.17, 15) is 14.4 Å². The Morgan fingerprint density at radius 1 is 0.902 bits per heavy atom. The lowest BCUT2D eigenvalue weighted by Crippen LogP contribution is -2.35. The van der Waals surface area contributed by atoms with Crippen molar-refractivity contribution in [1.82, 2.24) is 15.1 Å². The average Bonchev–Trinajstić information content (AvgIpc) is 3.30. The molecule has 4 aromatic rings. The van der Waals surface area contributed by atoms with E-state index >= 15 is 0 Å². The molecule has 0 unspecified atom stereocenters. The number of carbonyl (C=O) groups excluding carboxylic acids is 3. The molecular formula is C31H30N6O4. The fourth-order valence-electron chi connectivity index (χ4n) is 4.73. The van der Waals surface area contributed by atoms with Crippen molar-refractivity contribution < 1.29 is 19.1 Å². The third-order valence-electron chi connectivity index (χ3n) is 6.87. The van der Waals surface area contributed by atoms with Gasteiger partial charge < -0.3 is 25.2 Å². The van der Waals surface area contributed by atoms with Gasteiger partial charge in [0, 0.05) is 47.7 Å². The maximum Gasteiger partial charge on any atom is 0.337 e. The third kappa shape index (κ3) is 5.78. The monoisotopic (exact) mass is 550 g/mol. The highest BCUT2D eigenvalue weighted by Gasteiger charge is 2.29. The Labute approximate surface area is 237 Å². The number of hydrogen-bond donors (Lipinski definition) is 2. The Hall–Kier alpha value is -5.09. The molecule has 5 rings (SSSR count). The van der Waals surface area contributed by atoms with Crippen LogP contribution in [0.15, 0.2) is 73.1 Å². The standard InChI is InChI=1S/C31H30N6O4/c1-19(38)37(14-13-36(2)3)25-10-8-24(9-11-25)34-29(20-5-6-22-17-32-33-18-23(22)15-20)28-26-12-7-21(31(40)41-4)16-27(26)35-30(28)39/h5-12,15-18,34H,13-14H2,1-4H3,(H,35,39). The van der Waals surface area contributed by atoms with E-state index < -0.39 is 5.97 Å². The van der Waals surface area contributed by atoms with Crippen LogP contribution in [0.5, 0.6) is 0 Å². The summed E-state index contributed by atoms with van der Waals surface area (Å²) < 4.78 is 4.84. The first-order valence-electron chi connectivity index (χ1n) is 13.0. The van der Waals surface area contributed by atoms with Gasteiger partial charge in [0.25, 0.3) is 5.91 Å². The SMILES string of the molecule is COC(=O)c1ccc2c(c1)NC(=O)C2=C(Nc1ccc(N(CCN(C)C)C(C)=O)cc1)c1ccc2cnncc2c1. The molecular weight excluding hydrogens is 520 g/mol. The van der Waals surface area contributed by atoms with E-state index in [1.165, 1.54) is 7.11 Å². The summed E-state index contributed by atoms with van der Waals surface area (Å²) in [7, 11) is 5.25. The average molecular weight is 551 g/mol. The number of likely N-dealkylation sites (N-methyl/N-ethyl adjacent to an activating group) is 1. The molecule has 2 heterocycles. The summed E-state index contributed by atoms with van der Waals surface area (Å²) in [6.07, 6.45) is 3.35. The Morgan fingerprint density at radius 3 is 2.29 bits per heavy atom. The van der Waals surface area contributed by atoms with Gasteiger partial charge in [0.1, 0.15) is 0 Å². The minimum atomic E-state index is -0.487. The Kier molecular flexibility index (Phi) is 7.75. The number of rotatable bonds is 8. The number of esters is 1. The molecule has 3 aromatic carbocycles. The van der Waals surface area contributed by atoms with Crippen molar-refractivity contribution in [2.45, 2.75) is 6.92 Å². The number of nitrogens with zero attached hydrogens (tertiary/aromatic N) is 4. The van der Waals surface area contributed by atoms with Gasteiger partial charge in [-0.05, 0) is 62.1 Å². The first-order valence-corrected chi connectivity index (χ1v) is 13.0. The zero-order valence-corrected chi connectivity index (χ0v) is 23.3. The molecule has 1 aliphatic rings. The maximum atomic E-state index is 13.4. The van der Waals surface area contributed by atoms with Crippen LogP contribution in [0.1, 0.15) is 28.4 Å². The van der Waals surface area contributed by atoms with Gasteiger partial charge in [0.05, 0.1) is 42.0 Å². The fourth-order valence-corrected chi connectivity index (χ4v) is 4.73. The highest BCUT2D eigenvalue weighted by atomic mass is 16.5. The molecule has 0 bridgehead atoms. The molecule has 0 atom stereocenters. The molecule has 0 saturated carbocycles. The Bertz CT molecular complexity index is 1680. The molecule has 0 aliphatic carbocycles. The summed E-state index contributed by atoms with van der Waals surface area (Å²) in [6, 6.07) is 18.3. The number of carbonyl (C=O) groups is 3. The number of amides is 2. The van der Waals surface area contributed by atoms with E-state index in [2.05, 4.69) is 20.8 Å². The number of hydrogen-bond acceptors (Lipinski definition) is 8. The number of nitrogens with one attached hydrogen (secondary N) is 2. The van der Waals surface area contributed by atoms with Crippen molar-refractivity contribution in [2.24, 2.45) is 0 Å². The first-order chi connectivity index (χ1) is 19.7.